The fourth-order valence-corrected chi connectivity index (χ4v) is 1.82. The number of pyridine rings is 1. The van der Waals surface area contributed by atoms with Crippen LogP contribution < -0.4 is 10.7 Å². The average molecular weight is 256 g/mol. The van der Waals surface area contributed by atoms with E-state index < -0.39 is 0 Å². The number of benzene rings is 1. The molecule has 0 fully saturated rings. The fourth-order valence-electron chi connectivity index (χ4n) is 1.82. The van der Waals surface area contributed by atoms with Gasteiger partial charge in [-0.2, -0.15) is 0 Å². The predicted octanol–water partition coefficient (Wildman–Crippen LogP) is 2.34. The lowest BCUT2D eigenvalue weighted by Gasteiger charge is -2.04. The number of aromatic nitrogens is 1. The van der Waals surface area contributed by atoms with E-state index in [2.05, 4.69) is 10.3 Å². The Morgan fingerprint density at radius 3 is 2.68 bits per heavy atom. The Labute approximate surface area is 111 Å². The Hall–Kier alpha value is -2.36. The standard InChI is InChI=1S/C15H16N2O2/c18-14-9-10-16-11-13(14)17-15(19)8-4-7-12-5-2-1-3-6-12/h1-3,5-6,9-11H,4,7-8H2,(H,16,18)(H,17,19). The highest BCUT2D eigenvalue weighted by atomic mass is 16.2. The van der Waals surface area contributed by atoms with Crippen LogP contribution in [0.2, 0.25) is 0 Å². The van der Waals surface area contributed by atoms with Gasteiger partial charge in [0, 0.05) is 24.9 Å². The van der Waals surface area contributed by atoms with Crippen molar-refractivity contribution in [1.82, 2.24) is 4.98 Å². The van der Waals surface area contributed by atoms with Gasteiger partial charge in [0.15, 0.2) is 0 Å². The molecule has 2 rings (SSSR count). The van der Waals surface area contributed by atoms with Gasteiger partial charge in [-0.25, -0.2) is 0 Å². The van der Waals surface area contributed by atoms with Crippen molar-refractivity contribution in [3.05, 3.63) is 64.6 Å². The second kappa shape index (κ2) is 6.54. The zero-order valence-corrected chi connectivity index (χ0v) is 10.6. The van der Waals surface area contributed by atoms with Crippen molar-refractivity contribution >= 4 is 11.6 Å². The second-order valence-electron chi connectivity index (χ2n) is 4.31. The molecule has 1 aromatic carbocycles. The monoisotopic (exact) mass is 256 g/mol. The molecule has 2 aromatic rings. The van der Waals surface area contributed by atoms with Crippen LogP contribution in [-0.4, -0.2) is 10.9 Å². The van der Waals surface area contributed by atoms with Crippen LogP contribution in [0.1, 0.15) is 18.4 Å². The molecule has 0 unspecified atom stereocenters. The van der Waals surface area contributed by atoms with Gasteiger partial charge in [0.05, 0.1) is 0 Å². The summed E-state index contributed by atoms with van der Waals surface area (Å²) in [5, 5.41) is 2.61. The SMILES string of the molecule is O=C(CCCc1ccccc1)Nc1c[nH]ccc1=O. The lowest BCUT2D eigenvalue weighted by atomic mass is 10.1. The molecule has 0 spiro atoms. The highest BCUT2D eigenvalue weighted by molar-refractivity contribution is 5.90. The lowest BCUT2D eigenvalue weighted by Crippen LogP contribution is -2.17. The van der Waals surface area contributed by atoms with Crippen molar-refractivity contribution in [2.24, 2.45) is 0 Å². The molecular weight excluding hydrogens is 240 g/mol. The molecule has 1 heterocycles. The van der Waals surface area contributed by atoms with Crippen LogP contribution in [0.15, 0.2) is 53.6 Å². The molecule has 0 aliphatic carbocycles. The number of rotatable bonds is 5. The van der Waals surface area contributed by atoms with Gasteiger partial charge >= 0.3 is 0 Å². The molecule has 4 heteroatoms. The molecule has 4 nitrogen and oxygen atoms in total. The molecule has 0 radical (unpaired) electrons. The van der Waals surface area contributed by atoms with Gasteiger partial charge in [0.25, 0.3) is 0 Å². The first-order valence-electron chi connectivity index (χ1n) is 6.26. The van der Waals surface area contributed by atoms with E-state index in [1.165, 1.54) is 24.0 Å². The van der Waals surface area contributed by atoms with Crippen LogP contribution in [0.3, 0.4) is 0 Å². The first-order chi connectivity index (χ1) is 9.25. The third kappa shape index (κ3) is 4.10. The first kappa shape index (κ1) is 13.1. The van der Waals surface area contributed by atoms with E-state index in [0.717, 1.165) is 12.8 Å². The van der Waals surface area contributed by atoms with Gasteiger partial charge in [-0.1, -0.05) is 30.3 Å². The van der Waals surface area contributed by atoms with Crippen molar-refractivity contribution < 1.29 is 4.79 Å². The molecule has 1 aromatic heterocycles. The number of amides is 1. The molecule has 0 atom stereocenters. The third-order valence-corrected chi connectivity index (χ3v) is 2.81. The second-order valence-corrected chi connectivity index (χ2v) is 4.31. The zero-order valence-electron chi connectivity index (χ0n) is 10.6. The summed E-state index contributed by atoms with van der Waals surface area (Å²) < 4.78 is 0. The van der Waals surface area contributed by atoms with Crippen LogP contribution >= 0.6 is 0 Å². The number of aryl methyl sites for hydroxylation is 1. The van der Waals surface area contributed by atoms with E-state index in [9.17, 15) is 9.59 Å². The molecule has 0 aliphatic heterocycles. The van der Waals surface area contributed by atoms with Crippen molar-refractivity contribution in [2.45, 2.75) is 19.3 Å². The maximum Gasteiger partial charge on any atom is 0.224 e. The number of H-pyrrole nitrogens is 1. The Morgan fingerprint density at radius 2 is 1.95 bits per heavy atom. The third-order valence-electron chi connectivity index (χ3n) is 2.81. The fraction of sp³-hybridized carbons (Fsp3) is 0.200. The molecule has 1 amide bonds. The number of anilines is 1. The molecule has 19 heavy (non-hydrogen) atoms. The minimum Gasteiger partial charge on any atom is -0.366 e. The number of carbonyl (C=O) groups is 1. The summed E-state index contributed by atoms with van der Waals surface area (Å²) >= 11 is 0. The topological polar surface area (TPSA) is 62.0 Å². The van der Waals surface area contributed by atoms with Crippen molar-refractivity contribution in [3.8, 4) is 0 Å². The maximum absolute atomic E-state index is 11.7. The van der Waals surface area contributed by atoms with Gasteiger partial charge in [-0.15, -0.1) is 0 Å². The predicted molar refractivity (Wildman–Crippen MR) is 75.1 cm³/mol. The van der Waals surface area contributed by atoms with Gasteiger partial charge < -0.3 is 10.3 Å². The number of nitrogens with one attached hydrogen (secondary N) is 2. The first-order valence-corrected chi connectivity index (χ1v) is 6.26. The minimum atomic E-state index is -0.185. The molecule has 0 saturated carbocycles. The maximum atomic E-state index is 11.7. The Balaban J connectivity index is 1.79. The van der Waals surface area contributed by atoms with E-state index in [0.29, 0.717) is 12.1 Å². The Kier molecular flexibility index (Phi) is 4.50. The normalized spacial score (nSPS) is 10.1. The van der Waals surface area contributed by atoms with Gasteiger partial charge in [-0.05, 0) is 18.4 Å². The van der Waals surface area contributed by atoms with Crippen LogP contribution in [-0.2, 0) is 11.2 Å². The lowest BCUT2D eigenvalue weighted by molar-refractivity contribution is -0.116. The van der Waals surface area contributed by atoms with Gasteiger partial charge in [0.2, 0.25) is 11.3 Å². The number of hydrogen-bond acceptors (Lipinski definition) is 2. The summed E-state index contributed by atoms with van der Waals surface area (Å²) in [6.07, 6.45) is 5.06. The summed E-state index contributed by atoms with van der Waals surface area (Å²) in [7, 11) is 0. The van der Waals surface area contributed by atoms with Crippen molar-refractivity contribution in [2.75, 3.05) is 5.32 Å². The summed E-state index contributed by atoms with van der Waals surface area (Å²) in [5.74, 6) is -0.132. The molecule has 2 N–H and O–H groups in total. The number of aromatic amines is 1. The van der Waals surface area contributed by atoms with Crippen LogP contribution in [0, 0.1) is 0 Å². The van der Waals surface area contributed by atoms with E-state index in [4.69, 9.17) is 0 Å². The van der Waals surface area contributed by atoms with E-state index in [1.807, 2.05) is 30.3 Å². The van der Waals surface area contributed by atoms with E-state index in [-0.39, 0.29) is 11.3 Å². The van der Waals surface area contributed by atoms with Crippen LogP contribution in [0.5, 0.6) is 0 Å². The highest BCUT2D eigenvalue weighted by Gasteiger charge is 2.04. The molecule has 0 saturated heterocycles. The van der Waals surface area contributed by atoms with E-state index in [1.54, 1.807) is 0 Å². The van der Waals surface area contributed by atoms with Crippen molar-refractivity contribution in [3.63, 3.8) is 0 Å². The quantitative estimate of drug-likeness (QED) is 0.862. The Bertz CT molecular complexity index is 590. The molecule has 0 bridgehead atoms. The summed E-state index contributed by atoms with van der Waals surface area (Å²) in [4.78, 5) is 25.9. The zero-order chi connectivity index (χ0) is 13.5. The summed E-state index contributed by atoms with van der Waals surface area (Å²) in [5.41, 5.74) is 1.33. The highest BCUT2D eigenvalue weighted by Crippen LogP contribution is 2.05. The van der Waals surface area contributed by atoms with Crippen LogP contribution in [0.4, 0.5) is 5.69 Å². The number of carbonyl (C=O) groups excluding carboxylic acids is 1. The molecular formula is C15H16N2O2. The van der Waals surface area contributed by atoms with Crippen LogP contribution in [0.25, 0.3) is 0 Å². The van der Waals surface area contributed by atoms with Crippen molar-refractivity contribution in [1.29, 1.82) is 0 Å². The Morgan fingerprint density at radius 1 is 1.16 bits per heavy atom. The molecule has 98 valence electrons. The summed E-state index contributed by atoms with van der Waals surface area (Å²) in [6, 6.07) is 11.4. The largest absolute Gasteiger partial charge is 0.366 e. The van der Waals surface area contributed by atoms with Gasteiger partial charge in [-0.3, -0.25) is 9.59 Å². The van der Waals surface area contributed by atoms with E-state index >= 15 is 0 Å². The van der Waals surface area contributed by atoms with Gasteiger partial charge in [0.1, 0.15) is 5.69 Å². The number of hydrogen-bond donors (Lipinski definition) is 2. The average Bonchev–Trinajstić information content (AvgIpc) is 2.43. The smallest absolute Gasteiger partial charge is 0.224 e. The summed E-state index contributed by atoms with van der Waals surface area (Å²) in [6.45, 7) is 0. The minimum absolute atomic E-state index is 0.132. The molecule has 0 aliphatic rings.